The van der Waals surface area contributed by atoms with Gasteiger partial charge in [0.2, 0.25) is 5.95 Å². The van der Waals surface area contributed by atoms with Crippen molar-refractivity contribution in [3.05, 3.63) is 30.5 Å². The first-order valence-electron chi connectivity index (χ1n) is 7.19. The van der Waals surface area contributed by atoms with Crippen molar-refractivity contribution in [2.45, 2.75) is 34.2 Å². The van der Waals surface area contributed by atoms with Crippen LogP contribution < -0.4 is 0 Å². The number of aromatic nitrogens is 6. The number of nitrogens with zero attached hydrogens (tertiary/aromatic N) is 6. The quantitative estimate of drug-likeness (QED) is 0.693. The second-order valence-corrected chi connectivity index (χ2v) is 6.08. The Balaban J connectivity index is 2.28. The molecule has 0 saturated carbocycles. The molecule has 7 heteroatoms. The summed E-state index contributed by atoms with van der Waals surface area (Å²) in [6.45, 7) is 8.28. The minimum atomic E-state index is -0.525. The van der Waals surface area contributed by atoms with E-state index in [-0.39, 0.29) is 5.78 Å². The molecule has 0 atom stereocenters. The molecule has 114 valence electrons. The van der Waals surface area contributed by atoms with Gasteiger partial charge in [-0.2, -0.15) is 5.10 Å². The summed E-state index contributed by atoms with van der Waals surface area (Å²) in [7, 11) is 0. The first-order valence-corrected chi connectivity index (χ1v) is 7.19. The van der Waals surface area contributed by atoms with E-state index < -0.39 is 5.41 Å². The second kappa shape index (κ2) is 5.01. The van der Waals surface area contributed by atoms with Crippen LogP contribution in [-0.4, -0.2) is 35.1 Å². The first-order chi connectivity index (χ1) is 10.4. The van der Waals surface area contributed by atoms with E-state index in [4.69, 9.17) is 0 Å². The summed E-state index contributed by atoms with van der Waals surface area (Å²) < 4.78 is 3.58. The number of carbonyl (C=O) groups is 1. The zero-order chi connectivity index (χ0) is 15.9. The number of hydrogen-bond donors (Lipinski definition) is 0. The van der Waals surface area contributed by atoms with E-state index in [0.29, 0.717) is 29.4 Å². The van der Waals surface area contributed by atoms with Crippen LogP contribution in [0.15, 0.2) is 24.8 Å². The monoisotopic (exact) mass is 298 g/mol. The lowest BCUT2D eigenvalue weighted by atomic mass is 9.88. The highest BCUT2D eigenvalue weighted by molar-refractivity contribution is 6.06. The Kier molecular flexibility index (Phi) is 3.27. The third-order valence-electron chi connectivity index (χ3n) is 3.43. The zero-order valence-electron chi connectivity index (χ0n) is 13.1. The number of fused-ring (bicyclic) bond motifs is 1. The number of rotatable bonds is 3. The van der Waals surface area contributed by atoms with Crippen LogP contribution in [0.2, 0.25) is 0 Å². The van der Waals surface area contributed by atoms with Gasteiger partial charge in [-0.1, -0.05) is 20.8 Å². The van der Waals surface area contributed by atoms with Gasteiger partial charge in [-0.05, 0) is 13.0 Å². The van der Waals surface area contributed by atoms with Gasteiger partial charge in [-0.3, -0.25) is 9.36 Å². The molecule has 3 aromatic rings. The number of imidazole rings is 1. The van der Waals surface area contributed by atoms with Crippen LogP contribution >= 0.6 is 0 Å². The van der Waals surface area contributed by atoms with Gasteiger partial charge in [-0.15, -0.1) is 0 Å². The van der Waals surface area contributed by atoms with Crippen molar-refractivity contribution in [2.75, 3.05) is 0 Å². The smallest absolute Gasteiger partial charge is 0.233 e. The minimum Gasteiger partial charge on any atom is -0.293 e. The van der Waals surface area contributed by atoms with E-state index in [2.05, 4.69) is 20.1 Å². The third-order valence-corrected chi connectivity index (χ3v) is 3.43. The Labute approximate surface area is 128 Å². The van der Waals surface area contributed by atoms with Crippen LogP contribution in [0.1, 0.15) is 38.2 Å². The number of carbonyl (C=O) groups excluding carboxylic acids is 1. The molecule has 3 aromatic heterocycles. The molecule has 0 spiro atoms. The molecule has 0 unspecified atom stereocenters. The maximum Gasteiger partial charge on any atom is 0.233 e. The molecule has 0 aliphatic rings. The molecule has 7 nitrogen and oxygen atoms in total. The van der Waals surface area contributed by atoms with E-state index in [1.165, 1.54) is 6.33 Å². The Bertz CT molecular complexity index is 826. The molecule has 0 radical (unpaired) electrons. The van der Waals surface area contributed by atoms with E-state index in [9.17, 15) is 4.79 Å². The van der Waals surface area contributed by atoms with Gasteiger partial charge >= 0.3 is 0 Å². The van der Waals surface area contributed by atoms with E-state index >= 15 is 0 Å². The molecule has 0 N–H and O–H groups in total. The number of aryl methyl sites for hydroxylation is 1. The molecule has 0 saturated heterocycles. The fourth-order valence-corrected chi connectivity index (χ4v) is 2.30. The average molecular weight is 298 g/mol. The predicted octanol–water partition coefficient (Wildman–Crippen LogP) is 2.26. The second-order valence-electron chi connectivity index (χ2n) is 6.08. The van der Waals surface area contributed by atoms with Crippen LogP contribution in [0, 0.1) is 5.41 Å². The maximum absolute atomic E-state index is 12.6. The van der Waals surface area contributed by atoms with Gasteiger partial charge < -0.3 is 0 Å². The molecule has 22 heavy (non-hydrogen) atoms. The molecule has 0 bridgehead atoms. The fraction of sp³-hybridized carbons (Fsp3) is 0.400. The molecule has 3 heterocycles. The molecule has 0 aromatic carbocycles. The van der Waals surface area contributed by atoms with Gasteiger partial charge in [0.1, 0.15) is 17.5 Å². The Morgan fingerprint density at radius 2 is 2.05 bits per heavy atom. The van der Waals surface area contributed by atoms with Gasteiger partial charge in [0.25, 0.3) is 0 Å². The highest BCUT2D eigenvalue weighted by atomic mass is 16.1. The SMILES string of the molecule is CCn1c(-n2cccn2)nc2c(C(=O)C(C)(C)C)ncnc21. The van der Waals surface area contributed by atoms with Crippen LogP contribution in [0.4, 0.5) is 0 Å². The summed E-state index contributed by atoms with van der Waals surface area (Å²) in [6.07, 6.45) is 4.92. The highest BCUT2D eigenvalue weighted by Crippen LogP contribution is 2.25. The van der Waals surface area contributed by atoms with Gasteiger partial charge in [0.05, 0.1) is 0 Å². The van der Waals surface area contributed by atoms with Gasteiger partial charge in [-0.25, -0.2) is 19.6 Å². The van der Waals surface area contributed by atoms with Gasteiger partial charge in [0.15, 0.2) is 11.4 Å². The molecule has 0 aliphatic heterocycles. The fourth-order valence-electron chi connectivity index (χ4n) is 2.30. The largest absolute Gasteiger partial charge is 0.293 e. The molecule has 0 aliphatic carbocycles. The summed E-state index contributed by atoms with van der Waals surface area (Å²) in [5.74, 6) is 0.582. The van der Waals surface area contributed by atoms with Crippen molar-refractivity contribution in [1.82, 2.24) is 29.3 Å². The Hall–Kier alpha value is -2.57. The van der Waals surface area contributed by atoms with Crippen molar-refractivity contribution in [1.29, 1.82) is 0 Å². The summed E-state index contributed by atoms with van der Waals surface area (Å²) >= 11 is 0. The molecule has 0 amide bonds. The maximum atomic E-state index is 12.6. The van der Waals surface area contributed by atoms with Crippen molar-refractivity contribution < 1.29 is 4.79 Å². The summed E-state index contributed by atoms with van der Waals surface area (Å²) in [5, 5.41) is 4.21. The van der Waals surface area contributed by atoms with Crippen LogP contribution in [0.3, 0.4) is 0 Å². The third kappa shape index (κ3) is 2.18. The number of ketones is 1. The normalized spacial score (nSPS) is 12.0. The van der Waals surface area contributed by atoms with Gasteiger partial charge in [0, 0.05) is 24.4 Å². The molecule has 3 rings (SSSR count). The minimum absolute atomic E-state index is 0.0485. The van der Waals surface area contributed by atoms with Crippen LogP contribution in [-0.2, 0) is 6.54 Å². The lowest BCUT2D eigenvalue weighted by molar-refractivity contribution is 0.0854. The molecular weight excluding hydrogens is 280 g/mol. The van der Waals surface area contributed by atoms with Crippen molar-refractivity contribution in [3.63, 3.8) is 0 Å². The summed E-state index contributed by atoms with van der Waals surface area (Å²) in [5.41, 5.74) is 1.01. The predicted molar refractivity (Wildman–Crippen MR) is 81.9 cm³/mol. The average Bonchev–Trinajstić information content (AvgIpc) is 3.11. The zero-order valence-corrected chi connectivity index (χ0v) is 13.1. The van der Waals surface area contributed by atoms with E-state index in [0.717, 1.165) is 0 Å². The number of hydrogen-bond acceptors (Lipinski definition) is 5. The summed E-state index contributed by atoms with van der Waals surface area (Å²) in [4.78, 5) is 25.7. The van der Waals surface area contributed by atoms with E-state index in [1.807, 2.05) is 44.5 Å². The molecule has 0 fully saturated rings. The number of Topliss-reactive ketones (excluding diaryl/α,β-unsaturated/α-hetero) is 1. The lowest BCUT2D eigenvalue weighted by Crippen LogP contribution is -2.22. The summed E-state index contributed by atoms with van der Waals surface area (Å²) in [6, 6.07) is 1.83. The molecular formula is C15H18N6O. The lowest BCUT2D eigenvalue weighted by Gasteiger charge is -2.15. The van der Waals surface area contributed by atoms with Crippen molar-refractivity contribution in [3.8, 4) is 5.95 Å². The Morgan fingerprint density at radius 3 is 2.64 bits per heavy atom. The van der Waals surface area contributed by atoms with Crippen LogP contribution in [0.25, 0.3) is 17.1 Å². The Morgan fingerprint density at radius 1 is 1.27 bits per heavy atom. The van der Waals surface area contributed by atoms with E-state index in [1.54, 1.807) is 10.9 Å². The first kappa shape index (κ1) is 14.4. The highest BCUT2D eigenvalue weighted by Gasteiger charge is 2.28. The van der Waals surface area contributed by atoms with Crippen LogP contribution in [0.5, 0.6) is 0 Å². The topological polar surface area (TPSA) is 78.5 Å². The van der Waals surface area contributed by atoms with Crippen molar-refractivity contribution in [2.24, 2.45) is 5.41 Å². The standard InChI is InChI=1S/C15H18N6O/c1-5-20-13-11(19-14(20)21-8-6-7-18-21)10(16-9-17-13)12(22)15(2,3)4/h6-9H,5H2,1-4H3. The van der Waals surface area contributed by atoms with Crippen molar-refractivity contribution >= 4 is 16.9 Å².